The van der Waals surface area contributed by atoms with E-state index in [1.807, 2.05) is 24.3 Å². The van der Waals surface area contributed by atoms with Crippen LogP contribution < -0.4 is 21.1 Å². The van der Waals surface area contributed by atoms with Gasteiger partial charge in [-0.1, -0.05) is 59.3 Å². The molecule has 1 amide bonds. The highest BCUT2D eigenvalue weighted by Crippen LogP contribution is 2.34. The van der Waals surface area contributed by atoms with E-state index in [1.165, 1.54) is 30.6 Å². The van der Waals surface area contributed by atoms with E-state index < -0.39 is 0 Å². The Hall–Kier alpha value is -3.99. The highest BCUT2D eigenvalue weighted by molar-refractivity contribution is 7.19. The number of anilines is 1. The lowest BCUT2D eigenvalue weighted by molar-refractivity contribution is -0.124. The molecule has 4 N–H and O–H groups in total. The number of amidine groups is 1. The molecule has 0 radical (unpaired) electrons. The lowest BCUT2D eigenvalue weighted by Crippen LogP contribution is -2.26. The van der Waals surface area contributed by atoms with Crippen molar-refractivity contribution in [2.45, 2.75) is 13.2 Å². The second kappa shape index (κ2) is 13.2. The maximum Gasteiger partial charge on any atom is 0.246 e. The average Bonchev–Trinajstić information content (AvgIpc) is 3.37. The average molecular weight is 568 g/mol. The summed E-state index contributed by atoms with van der Waals surface area (Å²) in [6.45, 7) is 0.611. The monoisotopic (exact) mass is 567 g/mol. The molecule has 4 rings (SSSR count). The van der Waals surface area contributed by atoms with Crippen molar-refractivity contribution in [3.05, 3.63) is 94.4 Å². The summed E-state index contributed by atoms with van der Waals surface area (Å²) >= 11 is 7.85. The molecule has 0 saturated carbocycles. The van der Waals surface area contributed by atoms with E-state index in [-0.39, 0.29) is 30.8 Å². The predicted octanol–water partition coefficient (Wildman–Crippen LogP) is 5.52. The molecule has 1 aromatic heterocycles. The molecule has 0 unspecified atom stereocenters. The zero-order valence-electron chi connectivity index (χ0n) is 21.3. The summed E-state index contributed by atoms with van der Waals surface area (Å²) in [5.41, 5.74) is 9.96. The summed E-state index contributed by atoms with van der Waals surface area (Å²) < 4.78 is 23.9. The molecule has 11 heteroatoms. The molecule has 1 heterocycles. The maximum absolute atomic E-state index is 13.4. The second-order valence-corrected chi connectivity index (χ2v) is 9.79. The van der Waals surface area contributed by atoms with Crippen LogP contribution in [0.5, 0.6) is 5.75 Å². The van der Waals surface area contributed by atoms with Gasteiger partial charge in [-0.25, -0.2) is 14.4 Å². The number of benzene rings is 3. The molecule has 0 fully saturated rings. The van der Waals surface area contributed by atoms with E-state index in [9.17, 15) is 9.18 Å². The van der Waals surface area contributed by atoms with E-state index in [0.717, 1.165) is 21.1 Å². The maximum atomic E-state index is 13.4. The van der Waals surface area contributed by atoms with Crippen LogP contribution in [-0.4, -0.2) is 37.5 Å². The van der Waals surface area contributed by atoms with Crippen LogP contribution in [0.25, 0.3) is 10.6 Å². The molecule has 202 valence electrons. The molecular weight excluding hydrogens is 541 g/mol. The van der Waals surface area contributed by atoms with E-state index in [1.54, 1.807) is 37.4 Å². The Morgan fingerprint density at radius 1 is 1.13 bits per heavy atom. The number of hydrogen-bond donors (Lipinski definition) is 3. The third kappa shape index (κ3) is 7.53. The number of methoxy groups -OCH3 is 1. The molecule has 8 nitrogen and oxygen atoms in total. The van der Waals surface area contributed by atoms with Crippen LogP contribution in [0.1, 0.15) is 16.8 Å². The topological polar surface area (TPSA) is 111 Å². The lowest BCUT2D eigenvalue weighted by Gasteiger charge is -2.09. The van der Waals surface area contributed by atoms with Crippen molar-refractivity contribution in [2.24, 2.45) is 10.7 Å². The normalized spacial score (nSPS) is 11.3. The zero-order valence-corrected chi connectivity index (χ0v) is 22.9. The number of nitrogens with zero attached hydrogens (tertiary/aromatic N) is 2. The predicted molar refractivity (Wildman–Crippen MR) is 153 cm³/mol. The minimum Gasteiger partial charge on any atom is -0.487 e. The number of halogens is 2. The number of carbonyl (C=O) groups is 1. The van der Waals surface area contributed by atoms with Crippen molar-refractivity contribution in [3.63, 3.8) is 0 Å². The van der Waals surface area contributed by atoms with Gasteiger partial charge in [-0.2, -0.15) is 0 Å². The molecule has 0 aliphatic heterocycles. The Morgan fingerprint density at radius 2 is 1.92 bits per heavy atom. The van der Waals surface area contributed by atoms with Gasteiger partial charge >= 0.3 is 0 Å². The quantitative estimate of drug-likeness (QED) is 0.162. The first-order valence-electron chi connectivity index (χ1n) is 11.9. The van der Waals surface area contributed by atoms with Crippen molar-refractivity contribution in [3.8, 4) is 16.3 Å². The Bertz CT molecular complexity index is 1480. The first-order valence-corrected chi connectivity index (χ1v) is 13.1. The number of amides is 1. The molecular formula is C28H27ClFN5O3S. The van der Waals surface area contributed by atoms with Crippen molar-refractivity contribution in [1.29, 1.82) is 0 Å². The standard InChI is InChI=1S/C28H27ClFN5O3S/c1-32-28-25(35-27(39-28)19-8-6-17(7-9-19)14-33-24(36)16-37-2)26(31)34-21-10-11-23(22(29)13-21)38-15-18-4-3-5-20(30)12-18/h3-13,32H,14-16H2,1-2H3,(H2,31,34)(H,33,36). The fourth-order valence-corrected chi connectivity index (χ4v) is 4.75. The largest absolute Gasteiger partial charge is 0.487 e. The first kappa shape index (κ1) is 28.0. The minimum atomic E-state index is -0.325. The summed E-state index contributed by atoms with van der Waals surface area (Å²) in [5, 5.41) is 7.81. The zero-order chi connectivity index (χ0) is 27.8. The van der Waals surface area contributed by atoms with Gasteiger partial charge < -0.3 is 25.8 Å². The number of hydrogen-bond acceptors (Lipinski definition) is 7. The van der Waals surface area contributed by atoms with Crippen LogP contribution in [0.4, 0.5) is 15.1 Å². The number of thiazole rings is 1. The fraction of sp³-hybridized carbons (Fsp3) is 0.179. The molecule has 0 saturated heterocycles. The molecule has 0 aliphatic rings. The van der Waals surface area contributed by atoms with E-state index >= 15 is 0 Å². The summed E-state index contributed by atoms with van der Waals surface area (Å²) in [7, 11) is 3.27. The van der Waals surface area contributed by atoms with Gasteiger partial charge in [-0.3, -0.25) is 4.79 Å². The molecule has 3 aromatic carbocycles. The van der Waals surface area contributed by atoms with E-state index in [2.05, 4.69) is 15.6 Å². The number of aliphatic imine (C=N–C) groups is 1. The fourth-order valence-electron chi connectivity index (χ4n) is 3.59. The van der Waals surface area contributed by atoms with Gasteiger partial charge in [0.2, 0.25) is 5.91 Å². The Labute approximate surface area is 234 Å². The van der Waals surface area contributed by atoms with Crippen LogP contribution in [0.3, 0.4) is 0 Å². The molecule has 4 aromatic rings. The molecule has 39 heavy (non-hydrogen) atoms. The number of carbonyl (C=O) groups excluding carboxylic acids is 1. The van der Waals surface area contributed by atoms with Crippen molar-refractivity contribution < 1.29 is 18.7 Å². The Morgan fingerprint density at radius 3 is 2.62 bits per heavy atom. The van der Waals surface area contributed by atoms with Crippen LogP contribution in [0, 0.1) is 5.82 Å². The smallest absolute Gasteiger partial charge is 0.246 e. The van der Waals surface area contributed by atoms with Crippen LogP contribution in [-0.2, 0) is 22.7 Å². The van der Waals surface area contributed by atoms with Gasteiger partial charge in [-0.05, 0) is 41.5 Å². The van der Waals surface area contributed by atoms with E-state index in [0.29, 0.717) is 34.3 Å². The summed E-state index contributed by atoms with van der Waals surface area (Å²) in [5.74, 6) is 0.178. The van der Waals surface area contributed by atoms with Crippen LogP contribution >= 0.6 is 22.9 Å². The molecule has 0 bridgehead atoms. The number of ether oxygens (including phenoxy) is 2. The highest BCUT2D eigenvalue weighted by Gasteiger charge is 2.16. The van der Waals surface area contributed by atoms with Gasteiger partial charge in [0, 0.05) is 26.3 Å². The van der Waals surface area contributed by atoms with Gasteiger partial charge in [0.1, 0.15) is 40.5 Å². The SMILES string of the molecule is CNc1sc(-c2ccc(CNC(=O)COC)cc2)nc1C(N)=Nc1ccc(OCc2cccc(F)c2)c(Cl)c1. The van der Waals surface area contributed by atoms with Gasteiger partial charge in [0.15, 0.2) is 5.84 Å². The van der Waals surface area contributed by atoms with Gasteiger partial charge in [0.25, 0.3) is 0 Å². The second-order valence-electron chi connectivity index (χ2n) is 8.38. The number of nitrogens with one attached hydrogen (secondary N) is 2. The highest BCUT2D eigenvalue weighted by atomic mass is 35.5. The minimum absolute atomic E-state index is 0.0242. The van der Waals surface area contributed by atoms with Crippen LogP contribution in [0.2, 0.25) is 5.02 Å². The van der Waals surface area contributed by atoms with Crippen molar-refractivity contribution in [1.82, 2.24) is 10.3 Å². The number of nitrogens with two attached hydrogens (primary N) is 1. The third-order valence-corrected chi connectivity index (χ3v) is 6.93. The van der Waals surface area contributed by atoms with Gasteiger partial charge in [-0.15, -0.1) is 0 Å². The molecule has 0 aliphatic carbocycles. The number of aromatic nitrogens is 1. The number of rotatable bonds is 11. The third-order valence-electron chi connectivity index (χ3n) is 5.51. The van der Waals surface area contributed by atoms with Crippen LogP contribution in [0.15, 0.2) is 71.7 Å². The molecule has 0 atom stereocenters. The Balaban J connectivity index is 1.46. The van der Waals surface area contributed by atoms with Crippen molar-refractivity contribution >= 4 is 45.4 Å². The molecule has 0 spiro atoms. The lowest BCUT2D eigenvalue weighted by atomic mass is 10.1. The van der Waals surface area contributed by atoms with Crippen molar-refractivity contribution in [2.75, 3.05) is 26.1 Å². The Kier molecular flexibility index (Phi) is 9.48. The summed E-state index contributed by atoms with van der Waals surface area (Å²) in [6, 6.07) is 19.0. The first-order chi connectivity index (χ1) is 18.9. The van der Waals surface area contributed by atoms with Gasteiger partial charge in [0.05, 0.1) is 10.7 Å². The summed E-state index contributed by atoms with van der Waals surface area (Å²) in [4.78, 5) is 20.8. The van der Waals surface area contributed by atoms with E-state index in [4.69, 9.17) is 31.8 Å². The summed E-state index contributed by atoms with van der Waals surface area (Å²) in [6.07, 6.45) is 0.